The van der Waals surface area contributed by atoms with E-state index in [1.807, 2.05) is 6.92 Å². The number of methoxy groups -OCH3 is 1. The second-order valence-electron chi connectivity index (χ2n) is 3.16. The Kier molecular flexibility index (Phi) is 3.82. The minimum atomic E-state index is -2.53. The summed E-state index contributed by atoms with van der Waals surface area (Å²) >= 11 is 0. The third-order valence-corrected chi connectivity index (χ3v) is 2.07. The highest BCUT2D eigenvalue weighted by molar-refractivity contribution is 5.88. The lowest BCUT2D eigenvalue weighted by Crippen LogP contribution is -2.28. The highest BCUT2D eigenvalue weighted by Gasteiger charge is 2.24. The van der Waals surface area contributed by atoms with Gasteiger partial charge >= 0.3 is 0 Å². The Morgan fingerprint density at radius 2 is 2.27 bits per heavy atom. The molecular formula is C10H14F2N2O. The number of likely N-dealkylation sites (N-methyl/N-ethyl adjacent to an activating group) is 1. The van der Waals surface area contributed by atoms with Crippen LogP contribution in [0, 0.1) is 0 Å². The molecule has 0 radical (unpaired) electrons. The molecule has 0 saturated carbocycles. The number of alkyl halides is 2. The molecule has 15 heavy (non-hydrogen) atoms. The SMILES string of the molecule is C/C=C(\C=C1/CN(C)C(C(F)F)=N1)OC. The summed E-state index contributed by atoms with van der Waals surface area (Å²) in [5, 5.41) is 0. The van der Waals surface area contributed by atoms with Crippen LogP contribution in [0.25, 0.3) is 0 Å². The maximum absolute atomic E-state index is 12.4. The normalized spacial score (nSPS) is 20.1. The molecule has 1 aliphatic heterocycles. The average Bonchev–Trinajstić information content (AvgIpc) is 2.56. The zero-order valence-corrected chi connectivity index (χ0v) is 9.00. The molecule has 0 atom stereocenters. The van der Waals surface area contributed by atoms with Crippen molar-refractivity contribution in [2.24, 2.45) is 4.99 Å². The van der Waals surface area contributed by atoms with Crippen LogP contribution in [0.1, 0.15) is 6.92 Å². The van der Waals surface area contributed by atoms with E-state index >= 15 is 0 Å². The molecular weight excluding hydrogens is 202 g/mol. The Balaban J connectivity index is 2.85. The molecule has 0 spiro atoms. The predicted molar refractivity (Wildman–Crippen MR) is 54.9 cm³/mol. The van der Waals surface area contributed by atoms with Gasteiger partial charge in [0.1, 0.15) is 5.76 Å². The number of amidine groups is 1. The van der Waals surface area contributed by atoms with Crippen molar-refractivity contribution in [3.63, 3.8) is 0 Å². The fraction of sp³-hybridized carbons (Fsp3) is 0.500. The number of ether oxygens (including phenoxy) is 1. The number of aliphatic imine (C=N–C) groups is 1. The van der Waals surface area contributed by atoms with Gasteiger partial charge in [-0.25, -0.2) is 13.8 Å². The molecule has 0 fully saturated rings. The molecule has 1 aliphatic rings. The van der Waals surface area contributed by atoms with E-state index in [0.29, 0.717) is 18.0 Å². The largest absolute Gasteiger partial charge is 0.497 e. The number of nitrogens with zero attached hydrogens (tertiary/aromatic N) is 2. The molecule has 3 nitrogen and oxygen atoms in total. The first kappa shape index (κ1) is 11.7. The first-order chi connectivity index (χ1) is 7.08. The quantitative estimate of drug-likeness (QED) is 0.674. The van der Waals surface area contributed by atoms with Crippen LogP contribution >= 0.6 is 0 Å². The minimum Gasteiger partial charge on any atom is -0.497 e. The van der Waals surface area contributed by atoms with E-state index in [9.17, 15) is 8.78 Å². The highest BCUT2D eigenvalue weighted by atomic mass is 19.3. The zero-order valence-electron chi connectivity index (χ0n) is 9.00. The first-order valence-electron chi connectivity index (χ1n) is 4.57. The van der Waals surface area contributed by atoms with E-state index in [0.717, 1.165) is 0 Å². The van der Waals surface area contributed by atoms with Gasteiger partial charge in [0.15, 0.2) is 5.84 Å². The van der Waals surface area contributed by atoms with E-state index in [2.05, 4.69) is 4.99 Å². The van der Waals surface area contributed by atoms with Gasteiger partial charge in [-0.1, -0.05) is 0 Å². The zero-order chi connectivity index (χ0) is 11.4. The Labute approximate surface area is 87.7 Å². The lowest BCUT2D eigenvalue weighted by Gasteiger charge is -2.11. The monoisotopic (exact) mass is 216 g/mol. The molecule has 0 amide bonds. The molecule has 0 aromatic rings. The number of halogens is 2. The number of hydrogen-bond acceptors (Lipinski definition) is 3. The fourth-order valence-corrected chi connectivity index (χ4v) is 1.31. The van der Waals surface area contributed by atoms with Crippen LogP contribution in [0.4, 0.5) is 8.78 Å². The maximum atomic E-state index is 12.4. The van der Waals surface area contributed by atoms with Crippen LogP contribution < -0.4 is 0 Å². The van der Waals surface area contributed by atoms with Crippen LogP contribution in [0.15, 0.2) is 28.6 Å². The van der Waals surface area contributed by atoms with Crippen LogP contribution in [-0.2, 0) is 4.74 Å². The van der Waals surface area contributed by atoms with Gasteiger partial charge < -0.3 is 9.64 Å². The topological polar surface area (TPSA) is 24.8 Å². The van der Waals surface area contributed by atoms with E-state index in [1.54, 1.807) is 19.2 Å². The van der Waals surface area contributed by atoms with Crippen molar-refractivity contribution < 1.29 is 13.5 Å². The standard InChI is InChI=1S/C10H14F2N2O/c1-4-8(15-3)5-7-6-14(2)10(13-7)9(11)12/h4-5,9H,6H2,1-3H3/b7-5+,8-4+. The van der Waals surface area contributed by atoms with Crippen LogP contribution in [0.3, 0.4) is 0 Å². The fourth-order valence-electron chi connectivity index (χ4n) is 1.31. The van der Waals surface area contributed by atoms with Gasteiger partial charge in [0, 0.05) is 13.1 Å². The van der Waals surface area contributed by atoms with Crippen molar-refractivity contribution in [2.45, 2.75) is 13.3 Å². The summed E-state index contributed by atoms with van der Waals surface area (Å²) in [7, 11) is 3.12. The van der Waals surface area contributed by atoms with Crippen LogP contribution in [0.5, 0.6) is 0 Å². The Morgan fingerprint density at radius 1 is 1.60 bits per heavy atom. The molecule has 0 aromatic carbocycles. The van der Waals surface area contributed by atoms with Crippen molar-refractivity contribution in [3.8, 4) is 0 Å². The van der Waals surface area contributed by atoms with Crippen LogP contribution in [0.2, 0.25) is 0 Å². The van der Waals surface area contributed by atoms with Crippen molar-refractivity contribution in [1.82, 2.24) is 4.90 Å². The van der Waals surface area contributed by atoms with E-state index in [4.69, 9.17) is 4.74 Å². The average molecular weight is 216 g/mol. The van der Waals surface area contributed by atoms with Crippen molar-refractivity contribution in [2.75, 3.05) is 20.7 Å². The van der Waals surface area contributed by atoms with E-state index in [1.165, 1.54) is 12.0 Å². The summed E-state index contributed by atoms with van der Waals surface area (Å²) in [5.41, 5.74) is 0.586. The predicted octanol–water partition coefficient (Wildman–Crippen LogP) is 2.03. The number of rotatable bonds is 3. The molecule has 0 unspecified atom stereocenters. The van der Waals surface area contributed by atoms with Gasteiger partial charge in [0.25, 0.3) is 6.43 Å². The summed E-state index contributed by atoms with van der Waals surface area (Å²) in [6.45, 7) is 2.20. The molecule has 0 saturated heterocycles. The summed E-state index contributed by atoms with van der Waals surface area (Å²) in [5.74, 6) is 0.436. The molecule has 0 aliphatic carbocycles. The second kappa shape index (κ2) is 4.91. The summed E-state index contributed by atoms with van der Waals surface area (Å²) in [6.07, 6.45) is 0.881. The van der Waals surface area contributed by atoms with Gasteiger partial charge in [-0.05, 0) is 13.0 Å². The second-order valence-corrected chi connectivity index (χ2v) is 3.16. The molecule has 0 bridgehead atoms. The Hall–Kier alpha value is -1.39. The maximum Gasteiger partial charge on any atom is 0.295 e. The molecule has 1 rings (SSSR count). The molecule has 0 N–H and O–H groups in total. The van der Waals surface area contributed by atoms with Gasteiger partial charge in [0.2, 0.25) is 0 Å². The van der Waals surface area contributed by atoms with E-state index < -0.39 is 6.43 Å². The Bertz CT molecular complexity index is 321. The van der Waals surface area contributed by atoms with Crippen molar-refractivity contribution in [3.05, 3.63) is 23.6 Å². The third-order valence-electron chi connectivity index (χ3n) is 2.07. The van der Waals surface area contributed by atoms with E-state index in [-0.39, 0.29) is 5.84 Å². The first-order valence-corrected chi connectivity index (χ1v) is 4.57. The van der Waals surface area contributed by atoms with Crippen LogP contribution in [-0.4, -0.2) is 37.9 Å². The Morgan fingerprint density at radius 3 is 2.67 bits per heavy atom. The van der Waals surface area contributed by atoms with Crippen molar-refractivity contribution >= 4 is 5.84 Å². The third kappa shape index (κ3) is 2.78. The molecule has 1 heterocycles. The molecule has 0 aromatic heterocycles. The summed E-state index contributed by atoms with van der Waals surface area (Å²) < 4.78 is 29.8. The van der Waals surface area contributed by atoms with Gasteiger partial charge in [-0.15, -0.1) is 0 Å². The summed E-state index contributed by atoms with van der Waals surface area (Å²) in [6, 6.07) is 0. The lowest BCUT2D eigenvalue weighted by molar-refractivity contribution is 0.210. The smallest absolute Gasteiger partial charge is 0.295 e. The highest BCUT2D eigenvalue weighted by Crippen LogP contribution is 2.17. The van der Waals surface area contributed by atoms with Gasteiger partial charge in [-0.2, -0.15) is 0 Å². The van der Waals surface area contributed by atoms with Gasteiger partial charge in [-0.3, -0.25) is 0 Å². The molecule has 84 valence electrons. The number of allylic oxidation sites excluding steroid dienone is 2. The number of hydrogen-bond donors (Lipinski definition) is 0. The summed E-state index contributed by atoms with van der Waals surface area (Å²) in [4.78, 5) is 5.27. The minimum absolute atomic E-state index is 0.187. The van der Waals surface area contributed by atoms with Crippen molar-refractivity contribution in [1.29, 1.82) is 0 Å². The van der Waals surface area contributed by atoms with Gasteiger partial charge in [0.05, 0.1) is 19.4 Å². The lowest BCUT2D eigenvalue weighted by atomic mass is 10.3. The molecule has 5 heteroatoms.